The molecule has 0 aliphatic carbocycles. The van der Waals surface area contributed by atoms with Crippen LogP contribution >= 0.6 is 11.6 Å². The lowest BCUT2D eigenvalue weighted by Gasteiger charge is -2.23. The molecule has 3 N–H and O–H groups in total. The summed E-state index contributed by atoms with van der Waals surface area (Å²) in [7, 11) is 0. The number of benzene rings is 1. The number of carbonyl (C=O) groups is 2. The molecule has 21 heavy (non-hydrogen) atoms. The van der Waals surface area contributed by atoms with Gasteiger partial charge < -0.3 is 25.2 Å². The second-order valence-electron chi connectivity index (χ2n) is 4.40. The molecule has 1 heterocycles. The van der Waals surface area contributed by atoms with E-state index in [1.165, 1.54) is 18.2 Å². The van der Waals surface area contributed by atoms with Crippen molar-refractivity contribution < 1.29 is 24.2 Å². The fraction of sp³-hybridized carbons (Fsp3) is 0.385. The lowest BCUT2D eigenvalue weighted by molar-refractivity contribution is -0.0852. The van der Waals surface area contributed by atoms with E-state index in [-0.39, 0.29) is 23.9 Å². The van der Waals surface area contributed by atoms with E-state index in [1.807, 2.05) is 0 Å². The lowest BCUT2D eigenvalue weighted by atomic mass is 10.2. The van der Waals surface area contributed by atoms with E-state index in [2.05, 4.69) is 10.6 Å². The molecule has 0 radical (unpaired) electrons. The Labute approximate surface area is 126 Å². The third kappa shape index (κ3) is 4.59. The first-order valence-electron chi connectivity index (χ1n) is 6.33. The molecule has 1 aliphatic heterocycles. The summed E-state index contributed by atoms with van der Waals surface area (Å²) in [6.07, 6.45) is -0.206. The van der Waals surface area contributed by atoms with Crippen LogP contribution in [0.4, 0.5) is 10.5 Å². The van der Waals surface area contributed by atoms with Crippen molar-refractivity contribution in [2.24, 2.45) is 0 Å². The number of carboxylic acid groups (broad SMARTS) is 1. The molecule has 2 rings (SSSR count). The number of nitrogens with one attached hydrogen (secondary N) is 2. The molecule has 1 atom stereocenters. The number of hydrogen-bond donors (Lipinski definition) is 3. The summed E-state index contributed by atoms with van der Waals surface area (Å²) in [5, 5.41) is 14.4. The normalized spacial score (nSPS) is 18.0. The summed E-state index contributed by atoms with van der Waals surface area (Å²) in [5.74, 6) is -1.15. The molecular formula is C13H15ClN2O5. The number of halogens is 1. The molecule has 1 aromatic carbocycles. The fourth-order valence-corrected chi connectivity index (χ4v) is 2.01. The summed E-state index contributed by atoms with van der Waals surface area (Å²) in [6, 6.07) is 3.62. The van der Waals surface area contributed by atoms with E-state index in [0.717, 1.165) is 0 Å². The van der Waals surface area contributed by atoms with Crippen molar-refractivity contribution in [2.75, 3.05) is 31.7 Å². The van der Waals surface area contributed by atoms with Crippen LogP contribution in [0.15, 0.2) is 18.2 Å². The van der Waals surface area contributed by atoms with Gasteiger partial charge in [0.1, 0.15) is 0 Å². The Morgan fingerprint density at radius 1 is 1.38 bits per heavy atom. The van der Waals surface area contributed by atoms with Gasteiger partial charge in [-0.05, 0) is 18.2 Å². The van der Waals surface area contributed by atoms with Crippen LogP contribution in [0.2, 0.25) is 5.02 Å². The van der Waals surface area contributed by atoms with Gasteiger partial charge in [-0.25, -0.2) is 9.59 Å². The Morgan fingerprint density at radius 2 is 2.19 bits per heavy atom. The van der Waals surface area contributed by atoms with Gasteiger partial charge in [0.25, 0.3) is 0 Å². The average molecular weight is 315 g/mol. The van der Waals surface area contributed by atoms with Gasteiger partial charge in [-0.2, -0.15) is 0 Å². The Bertz CT molecular complexity index is 531. The zero-order chi connectivity index (χ0) is 15.2. The average Bonchev–Trinajstić information content (AvgIpc) is 2.46. The fourth-order valence-electron chi connectivity index (χ4n) is 1.83. The quantitative estimate of drug-likeness (QED) is 0.784. The molecule has 0 bridgehead atoms. The van der Waals surface area contributed by atoms with Crippen molar-refractivity contribution in [1.29, 1.82) is 0 Å². The van der Waals surface area contributed by atoms with Crippen molar-refractivity contribution in [2.45, 2.75) is 6.10 Å². The van der Waals surface area contributed by atoms with Gasteiger partial charge in [-0.1, -0.05) is 11.6 Å². The van der Waals surface area contributed by atoms with Gasteiger partial charge in [0.05, 0.1) is 37.2 Å². The van der Waals surface area contributed by atoms with Crippen LogP contribution in [-0.4, -0.2) is 49.6 Å². The predicted molar refractivity (Wildman–Crippen MR) is 76.0 cm³/mol. The maximum atomic E-state index is 11.8. The number of anilines is 1. The smallest absolute Gasteiger partial charge is 0.337 e. The highest BCUT2D eigenvalue weighted by atomic mass is 35.5. The zero-order valence-electron chi connectivity index (χ0n) is 11.1. The third-order valence-corrected chi connectivity index (χ3v) is 3.07. The number of aromatic carboxylic acids is 1. The van der Waals surface area contributed by atoms with E-state index < -0.39 is 12.0 Å². The highest BCUT2D eigenvalue weighted by Gasteiger charge is 2.16. The lowest BCUT2D eigenvalue weighted by Crippen LogP contribution is -2.41. The van der Waals surface area contributed by atoms with E-state index in [9.17, 15) is 9.59 Å². The summed E-state index contributed by atoms with van der Waals surface area (Å²) in [4.78, 5) is 22.9. The van der Waals surface area contributed by atoms with Crippen LogP contribution < -0.4 is 10.6 Å². The van der Waals surface area contributed by atoms with Crippen LogP contribution in [0.25, 0.3) is 0 Å². The minimum atomic E-state index is -1.15. The molecule has 1 unspecified atom stereocenters. The minimum Gasteiger partial charge on any atom is -0.478 e. The summed E-state index contributed by atoms with van der Waals surface area (Å²) in [5.41, 5.74) is 0.0973. The summed E-state index contributed by atoms with van der Waals surface area (Å²) in [6.45, 7) is 1.73. The molecule has 0 saturated carbocycles. The number of carboxylic acids is 1. The van der Waals surface area contributed by atoms with Crippen molar-refractivity contribution in [1.82, 2.24) is 5.32 Å². The number of amides is 2. The van der Waals surface area contributed by atoms with E-state index in [1.54, 1.807) is 0 Å². The van der Waals surface area contributed by atoms with Crippen LogP contribution in [0.5, 0.6) is 0 Å². The largest absolute Gasteiger partial charge is 0.478 e. The van der Waals surface area contributed by atoms with Crippen molar-refractivity contribution in [3.05, 3.63) is 28.8 Å². The third-order valence-electron chi connectivity index (χ3n) is 2.84. The minimum absolute atomic E-state index is 0.0354. The van der Waals surface area contributed by atoms with Gasteiger partial charge in [0.15, 0.2) is 0 Å². The monoisotopic (exact) mass is 314 g/mol. The molecule has 1 fully saturated rings. The highest BCUT2D eigenvalue weighted by Crippen LogP contribution is 2.21. The molecule has 0 spiro atoms. The van der Waals surface area contributed by atoms with Crippen LogP contribution in [0.1, 0.15) is 10.4 Å². The number of urea groups is 1. The van der Waals surface area contributed by atoms with Crippen molar-refractivity contribution in [3.63, 3.8) is 0 Å². The maximum absolute atomic E-state index is 11.8. The second-order valence-corrected chi connectivity index (χ2v) is 4.83. The van der Waals surface area contributed by atoms with Crippen molar-refractivity contribution in [3.8, 4) is 0 Å². The first kappa shape index (κ1) is 15.6. The zero-order valence-corrected chi connectivity index (χ0v) is 11.9. The Morgan fingerprint density at radius 3 is 2.86 bits per heavy atom. The summed E-state index contributed by atoms with van der Waals surface area (Å²) < 4.78 is 10.6. The van der Waals surface area contributed by atoms with E-state index in [0.29, 0.717) is 24.8 Å². The second kappa shape index (κ2) is 7.26. The van der Waals surface area contributed by atoms with Gasteiger partial charge in [0.2, 0.25) is 0 Å². The molecule has 2 amide bonds. The first-order valence-corrected chi connectivity index (χ1v) is 6.71. The molecule has 1 aromatic rings. The topological polar surface area (TPSA) is 96.9 Å². The molecule has 1 aliphatic rings. The molecule has 0 aromatic heterocycles. The van der Waals surface area contributed by atoms with Gasteiger partial charge in [-0.15, -0.1) is 0 Å². The van der Waals surface area contributed by atoms with Crippen LogP contribution in [-0.2, 0) is 9.47 Å². The standard InChI is InChI=1S/C13H15ClN2O5/c14-8-1-2-10(12(17)18)11(5-8)16-13(19)15-6-9-7-20-3-4-21-9/h1-2,5,9H,3-4,6-7H2,(H,17,18)(H2,15,16,19). The number of hydrogen-bond acceptors (Lipinski definition) is 4. The Kier molecular flexibility index (Phi) is 5.38. The van der Waals surface area contributed by atoms with E-state index >= 15 is 0 Å². The van der Waals surface area contributed by atoms with E-state index in [4.69, 9.17) is 26.2 Å². The number of carbonyl (C=O) groups excluding carboxylic acids is 1. The maximum Gasteiger partial charge on any atom is 0.337 e. The first-order chi connectivity index (χ1) is 10.1. The Balaban J connectivity index is 1.92. The number of ether oxygens (including phenoxy) is 2. The molecule has 7 nitrogen and oxygen atoms in total. The summed E-state index contributed by atoms with van der Waals surface area (Å²) >= 11 is 5.80. The Hall–Kier alpha value is -1.83. The number of rotatable bonds is 4. The molecule has 114 valence electrons. The van der Waals surface area contributed by atoms with Crippen LogP contribution in [0, 0.1) is 0 Å². The molecular weight excluding hydrogens is 300 g/mol. The highest BCUT2D eigenvalue weighted by molar-refractivity contribution is 6.31. The van der Waals surface area contributed by atoms with Gasteiger partial charge >= 0.3 is 12.0 Å². The van der Waals surface area contributed by atoms with Gasteiger partial charge in [0, 0.05) is 11.6 Å². The molecule has 8 heteroatoms. The van der Waals surface area contributed by atoms with Gasteiger partial charge in [-0.3, -0.25) is 0 Å². The van der Waals surface area contributed by atoms with Crippen molar-refractivity contribution >= 4 is 29.3 Å². The van der Waals surface area contributed by atoms with Crippen LogP contribution in [0.3, 0.4) is 0 Å². The molecule has 1 saturated heterocycles. The SMILES string of the molecule is O=C(NCC1COCCO1)Nc1cc(Cl)ccc1C(=O)O. The predicted octanol–water partition coefficient (Wildman–Crippen LogP) is 1.58.